The van der Waals surface area contributed by atoms with Gasteiger partial charge in [-0.05, 0) is 17.7 Å². The third-order valence-electron chi connectivity index (χ3n) is 1.39. The number of hydrogen-bond donors (Lipinski definition) is 1. The van der Waals surface area contributed by atoms with Crippen molar-refractivity contribution >= 4 is 0 Å². The van der Waals surface area contributed by atoms with Gasteiger partial charge in [-0.15, -0.1) is 0 Å². The van der Waals surface area contributed by atoms with E-state index in [1.807, 2.05) is 0 Å². The molecule has 1 aromatic rings. The summed E-state index contributed by atoms with van der Waals surface area (Å²) in [6.45, 7) is -3.39. The molecule has 0 spiro atoms. The third kappa shape index (κ3) is 2.62. The van der Waals surface area contributed by atoms with Gasteiger partial charge in [-0.1, -0.05) is 6.07 Å². The predicted molar refractivity (Wildman–Crippen MR) is 39.0 cm³/mol. The minimum atomic E-state index is -3.05. The van der Waals surface area contributed by atoms with E-state index in [4.69, 9.17) is 5.11 Å². The van der Waals surface area contributed by atoms with Gasteiger partial charge in [0.1, 0.15) is 0 Å². The zero-order chi connectivity index (χ0) is 9.84. The number of aliphatic hydroxyl groups excluding tert-OH is 1. The van der Waals surface area contributed by atoms with Crippen LogP contribution in [0.3, 0.4) is 0 Å². The van der Waals surface area contributed by atoms with Gasteiger partial charge in [-0.3, -0.25) is 0 Å². The van der Waals surface area contributed by atoms with Crippen LogP contribution in [0.1, 0.15) is 5.56 Å². The fourth-order valence-electron chi connectivity index (χ4n) is 0.834. The van der Waals surface area contributed by atoms with Gasteiger partial charge in [0.15, 0.2) is 11.6 Å². The fraction of sp³-hybridized carbons (Fsp3) is 0.250. The maximum absolute atomic E-state index is 12.8. The second kappa shape index (κ2) is 4.13. The number of ether oxygens (including phenoxy) is 1. The molecule has 0 amide bonds. The van der Waals surface area contributed by atoms with Crippen molar-refractivity contribution < 1.29 is 23.0 Å². The summed E-state index contributed by atoms with van der Waals surface area (Å²) in [7, 11) is 0. The molecule has 0 saturated carbocycles. The number of aliphatic hydroxyl groups is 1. The number of halogens is 3. The van der Waals surface area contributed by atoms with Gasteiger partial charge >= 0.3 is 6.61 Å². The van der Waals surface area contributed by atoms with Gasteiger partial charge in [0.25, 0.3) is 0 Å². The van der Waals surface area contributed by atoms with Gasteiger partial charge in [0.2, 0.25) is 0 Å². The Hall–Kier alpha value is -1.23. The second-order valence-electron chi connectivity index (χ2n) is 2.30. The molecule has 13 heavy (non-hydrogen) atoms. The summed E-state index contributed by atoms with van der Waals surface area (Å²) >= 11 is 0. The van der Waals surface area contributed by atoms with Crippen molar-refractivity contribution in [3.63, 3.8) is 0 Å². The highest BCUT2D eigenvalue weighted by molar-refractivity contribution is 5.28. The van der Waals surface area contributed by atoms with E-state index in [1.54, 1.807) is 0 Å². The molecule has 0 fully saturated rings. The molecule has 0 heterocycles. The van der Waals surface area contributed by atoms with Gasteiger partial charge in [-0.25, -0.2) is 4.39 Å². The molecule has 0 aromatic heterocycles. The Bertz CT molecular complexity index is 289. The van der Waals surface area contributed by atoms with Crippen molar-refractivity contribution in [1.82, 2.24) is 0 Å². The van der Waals surface area contributed by atoms with Crippen LogP contribution >= 0.6 is 0 Å². The monoisotopic (exact) mass is 192 g/mol. The minimum Gasteiger partial charge on any atom is -0.432 e. The first-order valence-corrected chi connectivity index (χ1v) is 3.47. The molecular formula is C8H7F3O2. The summed E-state index contributed by atoms with van der Waals surface area (Å²) < 4.78 is 40.0. The maximum atomic E-state index is 12.8. The Labute approximate surface area is 72.6 Å². The lowest BCUT2D eigenvalue weighted by Crippen LogP contribution is -2.03. The van der Waals surface area contributed by atoms with Crippen molar-refractivity contribution in [3.05, 3.63) is 29.6 Å². The summed E-state index contributed by atoms with van der Waals surface area (Å²) in [6, 6.07) is 3.30. The van der Waals surface area contributed by atoms with Crippen molar-refractivity contribution in [1.29, 1.82) is 0 Å². The van der Waals surface area contributed by atoms with Gasteiger partial charge in [-0.2, -0.15) is 8.78 Å². The molecule has 72 valence electrons. The van der Waals surface area contributed by atoms with E-state index in [0.29, 0.717) is 5.56 Å². The molecule has 0 aliphatic heterocycles. The van der Waals surface area contributed by atoms with Crippen molar-refractivity contribution in [3.8, 4) is 5.75 Å². The smallest absolute Gasteiger partial charge is 0.387 e. The maximum Gasteiger partial charge on any atom is 0.387 e. The summed E-state index contributed by atoms with van der Waals surface area (Å²) in [5, 5.41) is 8.58. The van der Waals surface area contributed by atoms with Gasteiger partial charge < -0.3 is 9.84 Å². The summed E-state index contributed by atoms with van der Waals surface area (Å²) in [5.41, 5.74) is 0.305. The van der Waals surface area contributed by atoms with E-state index in [2.05, 4.69) is 4.74 Å². The molecule has 1 rings (SSSR count). The molecule has 0 saturated heterocycles. The Balaban J connectivity index is 2.85. The molecule has 0 unspecified atom stereocenters. The zero-order valence-electron chi connectivity index (χ0n) is 6.51. The van der Waals surface area contributed by atoms with Gasteiger partial charge in [0.05, 0.1) is 6.61 Å². The molecule has 0 aliphatic rings. The molecule has 2 nitrogen and oxygen atoms in total. The molecule has 0 bridgehead atoms. The summed E-state index contributed by atoms with van der Waals surface area (Å²) in [5.74, 6) is -1.43. The van der Waals surface area contributed by atoms with Crippen LogP contribution in [0, 0.1) is 5.82 Å². The normalized spacial score (nSPS) is 10.5. The largest absolute Gasteiger partial charge is 0.432 e. The average Bonchev–Trinajstić information content (AvgIpc) is 2.08. The van der Waals surface area contributed by atoms with E-state index in [0.717, 1.165) is 12.1 Å². The predicted octanol–water partition coefficient (Wildman–Crippen LogP) is 1.92. The standard InChI is InChI=1S/C8H7F3O2/c9-6-3-5(4-12)1-2-7(6)13-8(10)11/h1-3,8,12H,4H2. The first-order valence-electron chi connectivity index (χ1n) is 3.47. The summed E-state index contributed by atoms with van der Waals surface area (Å²) in [4.78, 5) is 0. The highest BCUT2D eigenvalue weighted by atomic mass is 19.3. The topological polar surface area (TPSA) is 29.5 Å². The molecule has 0 radical (unpaired) electrons. The van der Waals surface area contributed by atoms with Crippen molar-refractivity contribution in [2.45, 2.75) is 13.2 Å². The van der Waals surface area contributed by atoms with Crippen molar-refractivity contribution in [2.75, 3.05) is 0 Å². The van der Waals surface area contributed by atoms with E-state index in [-0.39, 0.29) is 6.61 Å². The Morgan fingerprint density at radius 3 is 2.54 bits per heavy atom. The van der Waals surface area contributed by atoms with Gasteiger partial charge in [0, 0.05) is 0 Å². The van der Waals surface area contributed by atoms with Crippen molar-refractivity contribution in [2.24, 2.45) is 0 Å². The molecule has 0 atom stereocenters. The highest BCUT2D eigenvalue weighted by Gasteiger charge is 2.09. The zero-order valence-corrected chi connectivity index (χ0v) is 6.51. The average molecular weight is 192 g/mol. The second-order valence-corrected chi connectivity index (χ2v) is 2.30. The highest BCUT2D eigenvalue weighted by Crippen LogP contribution is 2.20. The molecule has 0 aliphatic carbocycles. The Morgan fingerprint density at radius 2 is 2.08 bits per heavy atom. The Morgan fingerprint density at radius 1 is 1.38 bits per heavy atom. The van der Waals surface area contributed by atoms with Crippen LogP contribution in [0.4, 0.5) is 13.2 Å². The van der Waals surface area contributed by atoms with Crippen LogP contribution in [0.25, 0.3) is 0 Å². The van der Waals surface area contributed by atoms with Crippen LogP contribution in [0.5, 0.6) is 5.75 Å². The van der Waals surface area contributed by atoms with Crippen LogP contribution in [0.2, 0.25) is 0 Å². The molecule has 5 heteroatoms. The van der Waals surface area contributed by atoms with E-state index in [1.165, 1.54) is 6.07 Å². The SMILES string of the molecule is OCc1ccc(OC(F)F)c(F)c1. The molecule has 1 aromatic carbocycles. The first kappa shape index (κ1) is 9.85. The lowest BCUT2D eigenvalue weighted by atomic mass is 10.2. The van der Waals surface area contributed by atoms with E-state index >= 15 is 0 Å². The Kier molecular flexibility index (Phi) is 3.13. The van der Waals surface area contributed by atoms with Crippen LogP contribution in [0.15, 0.2) is 18.2 Å². The van der Waals surface area contributed by atoms with Crippen LogP contribution in [-0.2, 0) is 6.61 Å². The minimum absolute atomic E-state index is 0.305. The molecular weight excluding hydrogens is 185 g/mol. The number of alkyl halides is 2. The van der Waals surface area contributed by atoms with Crippen LogP contribution < -0.4 is 4.74 Å². The lowest BCUT2D eigenvalue weighted by molar-refractivity contribution is -0.0522. The number of rotatable bonds is 3. The first-order chi connectivity index (χ1) is 6.13. The molecule has 1 N–H and O–H groups in total. The fourth-order valence-corrected chi connectivity index (χ4v) is 0.834. The number of benzene rings is 1. The lowest BCUT2D eigenvalue weighted by Gasteiger charge is -2.05. The van der Waals surface area contributed by atoms with E-state index < -0.39 is 18.2 Å². The summed E-state index contributed by atoms with van der Waals surface area (Å²) in [6.07, 6.45) is 0. The third-order valence-corrected chi connectivity index (χ3v) is 1.39. The number of hydrogen-bond acceptors (Lipinski definition) is 2. The van der Waals surface area contributed by atoms with E-state index in [9.17, 15) is 13.2 Å². The quantitative estimate of drug-likeness (QED) is 0.792. The van der Waals surface area contributed by atoms with Crippen LogP contribution in [-0.4, -0.2) is 11.7 Å².